The second kappa shape index (κ2) is 7.51. The van der Waals surface area contributed by atoms with Gasteiger partial charge in [-0.05, 0) is 55.9 Å². The molecular formula is C18H26N2OS. The van der Waals surface area contributed by atoms with Crippen molar-refractivity contribution < 1.29 is 4.79 Å². The number of rotatable bonds is 5. The maximum Gasteiger partial charge on any atom is 0.224 e. The standard InChI is InChI=1S/C18H26N2OS/c19-17-7-3-4-13(17)12-18(21)20-14-8-10-16(11-9-14)22-15-5-1-2-6-15/h8-11,13,15,17H,1-7,12,19H2,(H,20,21)/t13-,17+/m0/s1. The van der Waals surface area contributed by atoms with Crippen LogP contribution in [0.15, 0.2) is 29.2 Å². The van der Waals surface area contributed by atoms with Crippen LogP contribution < -0.4 is 11.1 Å². The molecule has 1 aromatic rings. The Labute approximate surface area is 137 Å². The predicted octanol–water partition coefficient (Wildman–Crippen LogP) is 4.18. The average molecular weight is 318 g/mol. The molecule has 3 rings (SSSR count). The van der Waals surface area contributed by atoms with Crippen molar-refractivity contribution in [2.45, 2.75) is 67.6 Å². The van der Waals surface area contributed by atoms with Crippen LogP contribution in [0.3, 0.4) is 0 Å². The molecule has 1 amide bonds. The zero-order chi connectivity index (χ0) is 15.4. The minimum absolute atomic E-state index is 0.0959. The molecule has 0 aromatic heterocycles. The summed E-state index contributed by atoms with van der Waals surface area (Å²) in [5.41, 5.74) is 6.93. The Morgan fingerprint density at radius 1 is 1.09 bits per heavy atom. The van der Waals surface area contributed by atoms with E-state index in [2.05, 4.69) is 17.4 Å². The number of anilines is 1. The van der Waals surface area contributed by atoms with E-state index in [9.17, 15) is 4.79 Å². The molecule has 4 heteroatoms. The number of amides is 1. The zero-order valence-corrected chi connectivity index (χ0v) is 13.9. The molecular weight excluding hydrogens is 292 g/mol. The van der Waals surface area contributed by atoms with Gasteiger partial charge in [-0.1, -0.05) is 19.3 Å². The van der Waals surface area contributed by atoms with Crippen LogP contribution in [-0.2, 0) is 4.79 Å². The molecule has 3 nitrogen and oxygen atoms in total. The van der Waals surface area contributed by atoms with Gasteiger partial charge < -0.3 is 11.1 Å². The highest BCUT2D eigenvalue weighted by atomic mass is 32.2. The summed E-state index contributed by atoms with van der Waals surface area (Å²) in [6.45, 7) is 0. The number of nitrogens with one attached hydrogen (secondary N) is 1. The van der Waals surface area contributed by atoms with Gasteiger partial charge >= 0.3 is 0 Å². The Hall–Kier alpha value is -1.00. The monoisotopic (exact) mass is 318 g/mol. The molecule has 2 atom stereocenters. The first-order valence-electron chi connectivity index (χ1n) is 8.53. The van der Waals surface area contributed by atoms with Crippen molar-refractivity contribution in [3.8, 4) is 0 Å². The quantitative estimate of drug-likeness (QED) is 0.856. The molecule has 2 saturated carbocycles. The van der Waals surface area contributed by atoms with E-state index >= 15 is 0 Å². The highest BCUT2D eigenvalue weighted by Crippen LogP contribution is 2.35. The third-order valence-corrected chi connectivity index (χ3v) is 6.26. The van der Waals surface area contributed by atoms with Crippen LogP contribution in [0.1, 0.15) is 51.4 Å². The lowest BCUT2D eigenvalue weighted by Crippen LogP contribution is -2.28. The van der Waals surface area contributed by atoms with Crippen molar-refractivity contribution in [2.75, 3.05) is 5.32 Å². The summed E-state index contributed by atoms with van der Waals surface area (Å²) in [5, 5.41) is 3.79. The fourth-order valence-corrected chi connectivity index (χ4v) is 4.83. The van der Waals surface area contributed by atoms with Crippen molar-refractivity contribution in [2.24, 2.45) is 11.7 Å². The van der Waals surface area contributed by atoms with E-state index in [0.29, 0.717) is 12.3 Å². The first-order valence-corrected chi connectivity index (χ1v) is 9.41. The highest BCUT2D eigenvalue weighted by Gasteiger charge is 2.26. The molecule has 0 radical (unpaired) electrons. The SMILES string of the molecule is N[C@@H]1CCC[C@H]1CC(=O)Nc1ccc(SC2CCCC2)cc1. The van der Waals surface area contributed by atoms with Gasteiger partial charge in [0.05, 0.1) is 0 Å². The molecule has 3 N–H and O–H groups in total. The van der Waals surface area contributed by atoms with Gasteiger partial charge in [0.15, 0.2) is 0 Å². The Morgan fingerprint density at radius 3 is 2.45 bits per heavy atom. The fourth-order valence-electron chi connectivity index (χ4n) is 3.58. The van der Waals surface area contributed by atoms with E-state index < -0.39 is 0 Å². The fraction of sp³-hybridized carbons (Fsp3) is 0.611. The maximum absolute atomic E-state index is 12.1. The van der Waals surface area contributed by atoms with Crippen LogP contribution in [0.5, 0.6) is 0 Å². The van der Waals surface area contributed by atoms with Gasteiger partial charge in [0.2, 0.25) is 5.91 Å². The smallest absolute Gasteiger partial charge is 0.224 e. The number of hydrogen-bond acceptors (Lipinski definition) is 3. The van der Waals surface area contributed by atoms with Crippen LogP contribution in [0.25, 0.3) is 0 Å². The number of thioether (sulfide) groups is 1. The molecule has 0 bridgehead atoms. The van der Waals surface area contributed by atoms with E-state index in [1.807, 2.05) is 23.9 Å². The van der Waals surface area contributed by atoms with Gasteiger partial charge in [0, 0.05) is 28.3 Å². The second-order valence-corrected chi connectivity index (χ2v) is 8.03. The zero-order valence-electron chi connectivity index (χ0n) is 13.1. The Balaban J connectivity index is 1.48. The molecule has 0 heterocycles. The van der Waals surface area contributed by atoms with Crippen LogP contribution in [0.4, 0.5) is 5.69 Å². The first kappa shape index (κ1) is 15.9. The maximum atomic E-state index is 12.1. The topological polar surface area (TPSA) is 55.1 Å². The molecule has 0 aliphatic heterocycles. The van der Waals surface area contributed by atoms with Crippen LogP contribution in [0, 0.1) is 5.92 Å². The lowest BCUT2D eigenvalue weighted by molar-refractivity contribution is -0.117. The average Bonchev–Trinajstić information content (AvgIpc) is 3.14. The van der Waals surface area contributed by atoms with Gasteiger partial charge in [-0.3, -0.25) is 4.79 Å². The normalized spacial score (nSPS) is 25.5. The molecule has 0 unspecified atom stereocenters. The number of benzene rings is 1. The summed E-state index contributed by atoms with van der Waals surface area (Å²) in [4.78, 5) is 13.4. The number of carbonyl (C=O) groups is 1. The molecule has 2 aliphatic carbocycles. The molecule has 0 saturated heterocycles. The Bertz CT molecular complexity index is 496. The Morgan fingerprint density at radius 2 is 1.82 bits per heavy atom. The van der Waals surface area contributed by atoms with Crippen LogP contribution >= 0.6 is 11.8 Å². The van der Waals surface area contributed by atoms with Gasteiger partial charge in [0.1, 0.15) is 0 Å². The molecule has 2 aliphatic rings. The van der Waals surface area contributed by atoms with Gasteiger partial charge in [-0.2, -0.15) is 0 Å². The minimum atomic E-state index is 0.0959. The minimum Gasteiger partial charge on any atom is -0.327 e. The molecule has 2 fully saturated rings. The summed E-state index contributed by atoms with van der Waals surface area (Å²) in [5.74, 6) is 0.454. The van der Waals surface area contributed by atoms with E-state index in [-0.39, 0.29) is 11.9 Å². The van der Waals surface area contributed by atoms with Gasteiger partial charge in [-0.25, -0.2) is 0 Å². The van der Waals surface area contributed by atoms with Gasteiger partial charge in [0.25, 0.3) is 0 Å². The third kappa shape index (κ3) is 4.26. The predicted molar refractivity (Wildman–Crippen MR) is 93.1 cm³/mol. The van der Waals surface area contributed by atoms with Crippen molar-refractivity contribution >= 4 is 23.4 Å². The van der Waals surface area contributed by atoms with Crippen molar-refractivity contribution in [3.63, 3.8) is 0 Å². The summed E-state index contributed by atoms with van der Waals surface area (Å²) < 4.78 is 0. The molecule has 22 heavy (non-hydrogen) atoms. The second-order valence-electron chi connectivity index (χ2n) is 6.66. The van der Waals surface area contributed by atoms with Crippen molar-refractivity contribution in [1.82, 2.24) is 0 Å². The third-order valence-electron chi connectivity index (χ3n) is 4.91. The van der Waals surface area contributed by atoms with Crippen LogP contribution in [0.2, 0.25) is 0 Å². The first-order chi connectivity index (χ1) is 10.7. The largest absolute Gasteiger partial charge is 0.327 e. The summed E-state index contributed by atoms with van der Waals surface area (Å²) >= 11 is 1.98. The summed E-state index contributed by atoms with van der Waals surface area (Å²) in [6.07, 6.45) is 9.28. The summed E-state index contributed by atoms with van der Waals surface area (Å²) in [7, 11) is 0. The van der Waals surface area contributed by atoms with E-state index in [1.165, 1.54) is 30.6 Å². The molecule has 1 aromatic carbocycles. The Kier molecular flexibility index (Phi) is 5.42. The number of nitrogens with two attached hydrogens (primary N) is 1. The molecule has 0 spiro atoms. The van der Waals surface area contributed by atoms with Gasteiger partial charge in [-0.15, -0.1) is 11.8 Å². The van der Waals surface area contributed by atoms with E-state index in [4.69, 9.17) is 5.73 Å². The van der Waals surface area contributed by atoms with E-state index in [0.717, 1.165) is 30.2 Å². The molecule has 120 valence electrons. The number of hydrogen-bond donors (Lipinski definition) is 2. The van der Waals surface area contributed by atoms with E-state index in [1.54, 1.807) is 0 Å². The summed E-state index contributed by atoms with van der Waals surface area (Å²) in [6, 6.07) is 8.49. The number of carbonyl (C=O) groups excluding carboxylic acids is 1. The van der Waals surface area contributed by atoms with Crippen molar-refractivity contribution in [3.05, 3.63) is 24.3 Å². The lowest BCUT2D eigenvalue weighted by atomic mass is 10.00. The lowest BCUT2D eigenvalue weighted by Gasteiger charge is -2.15. The van der Waals surface area contributed by atoms with Crippen molar-refractivity contribution in [1.29, 1.82) is 0 Å². The highest BCUT2D eigenvalue weighted by molar-refractivity contribution is 8.00. The van der Waals surface area contributed by atoms with Crippen LogP contribution in [-0.4, -0.2) is 17.2 Å².